The van der Waals surface area contributed by atoms with E-state index < -0.39 is 17.8 Å². The lowest BCUT2D eigenvalue weighted by molar-refractivity contribution is -0.145. The summed E-state index contributed by atoms with van der Waals surface area (Å²) in [6, 6.07) is 12.2. The van der Waals surface area contributed by atoms with E-state index >= 15 is 0 Å². The van der Waals surface area contributed by atoms with Crippen LogP contribution < -0.4 is 0 Å². The zero-order valence-corrected chi connectivity index (χ0v) is 18.9. The van der Waals surface area contributed by atoms with Crippen LogP contribution in [0.4, 0.5) is 4.39 Å². The van der Waals surface area contributed by atoms with Crippen LogP contribution in [0.25, 0.3) is 21.5 Å². The molecule has 33 heavy (non-hydrogen) atoms. The molecule has 0 amide bonds. The molecule has 0 spiro atoms. The van der Waals surface area contributed by atoms with Gasteiger partial charge in [0.1, 0.15) is 17.3 Å². The van der Waals surface area contributed by atoms with Gasteiger partial charge in [0.15, 0.2) is 0 Å². The maximum absolute atomic E-state index is 14.5. The molecule has 2 aromatic heterocycles. The van der Waals surface area contributed by atoms with Gasteiger partial charge < -0.3 is 13.9 Å². The predicted molar refractivity (Wildman–Crippen MR) is 120 cm³/mol. The third-order valence-corrected chi connectivity index (χ3v) is 6.09. The minimum Gasteiger partial charge on any atom is -0.462 e. The normalized spacial score (nSPS) is 11.0. The van der Waals surface area contributed by atoms with Crippen molar-refractivity contribution in [3.05, 3.63) is 70.2 Å². The van der Waals surface area contributed by atoms with E-state index in [1.807, 2.05) is 31.2 Å². The fourth-order valence-corrected chi connectivity index (χ4v) is 4.38. The summed E-state index contributed by atoms with van der Waals surface area (Å²) < 4.78 is 31.1. The summed E-state index contributed by atoms with van der Waals surface area (Å²) in [4.78, 5) is 24.9. The van der Waals surface area contributed by atoms with E-state index in [2.05, 4.69) is 10.2 Å². The molecule has 0 aliphatic heterocycles. The Morgan fingerprint density at radius 1 is 1.09 bits per heavy atom. The van der Waals surface area contributed by atoms with E-state index in [-0.39, 0.29) is 36.3 Å². The van der Waals surface area contributed by atoms with Crippen molar-refractivity contribution in [3.8, 4) is 11.5 Å². The highest BCUT2D eigenvalue weighted by Gasteiger charge is 2.23. The number of hydrogen-bond acceptors (Lipinski definition) is 8. The number of ether oxygens (including phenoxy) is 2. The molecule has 0 saturated heterocycles. The fraction of sp³-hybridized carbons (Fsp3) is 0.250. The first-order valence-corrected chi connectivity index (χ1v) is 11.2. The summed E-state index contributed by atoms with van der Waals surface area (Å²) in [7, 11) is 0. The third kappa shape index (κ3) is 5.09. The van der Waals surface area contributed by atoms with Gasteiger partial charge in [0.2, 0.25) is 11.8 Å². The largest absolute Gasteiger partial charge is 0.462 e. The minimum atomic E-state index is -0.571. The third-order valence-electron chi connectivity index (χ3n) is 4.91. The number of carbonyl (C=O) groups excluding carboxylic acids is 2. The van der Waals surface area contributed by atoms with Crippen LogP contribution in [0.3, 0.4) is 0 Å². The lowest BCUT2D eigenvalue weighted by Crippen LogP contribution is -2.10. The topological polar surface area (TPSA) is 91.5 Å². The van der Waals surface area contributed by atoms with E-state index in [1.165, 1.54) is 6.07 Å². The SMILES string of the molecule is CCOC(=O)c1sc2cccc(F)c2c1COC(=O)CCc1nnc(-c2ccc(C)cc2)o1. The van der Waals surface area contributed by atoms with Crippen molar-refractivity contribution < 1.29 is 27.9 Å². The Labute approximate surface area is 193 Å². The summed E-state index contributed by atoms with van der Waals surface area (Å²) in [5.41, 5.74) is 2.21. The van der Waals surface area contributed by atoms with Gasteiger partial charge >= 0.3 is 11.9 Å². The van der Waals surface area contributed by atoms with Crippen molar-refractivity contribution in [3.63, 3.8) is 0 Å². The molecule has 0 bridgehead atoms. The van der Waals surface area contributed by atoms with Crippen LogP contribution in [0.1, 0.15) is 40.0 Å². The molecular formula is C24H21FN2O5S. The van der Waals surface area contributed by atoms with E-state index in [0.29, 0.717) is 22.0 Å². The Bertz CT molecular complexity index is 1300. The van der Waals surface area contributed by atoms with Gasteiger partial charge in [0.05, 0.1) is 13.0 Å². The Morgan fingerprint density at radius 3 is 2.64 bits per heavy atom. The second-order valence-corrected chi connectivity index (χ2v) is 8.32. The minimum absolute atomic E-state index is 0.00514. The monoisotopic (exact) mass is 468 g/mol. The highest BCUT2D eigenvalue weighted by molar-refractivity contribution is 7.21. The second kappa shape index (κ2) is 9.91. The number of fused-ring (bicyclic) bond motifs is 1. The van der Waals surface area contributed by atoms with E-state index in [0.717, 1.165) is 22.5 Å². The molecule has 0 fully saturated rings. The lowest BCUT2D eigenvalue weighted by Gasteiger charge is -2.07. The van der Waals surface area contributed by atoms with Gasteiger partial charge in [-0.2, -0.15) is 0 Å². The van der Waals surface area contributed by atoms with Crippen molar-refractivity contribution in [2.24, 2.45) is 0 Å². The lowest BCUT2D eigenvalue weighted by atomic mass is 10.1. The number of nitrogens with zero attached hydrogens (tertiary/aromatic N) is 2. The van der Waals surface area contributed by atoms with Gasteiger partial charge in [0.25, 0.3) is 0 Å². The molecule has 4 aromatic rings. The van der Waals surface area contributed by atoms with Gasteiger partial charge in [0, 0.05) is 27.6 Å². The van der Waals surface area contributed by atoms with E-state index in [1.54, 1.807) is 19.1 Å². The molecule has 0 N–H and O–H groups in total. The van der Waals surface area contributed by atoms with Crippen molar-refractivity contribution in [2.45, 2.75) is 33.3 Å². The number of esters is 2. The number of carbonyl (C=O) groups is 2. The Morgan fingerprint density at radius 2 is 1.88 bits per heavy atom. The molecule has 7 nitrogen and oxygen atoms in total. The molecule has 0 saturated carbocycles. The van der Waals surface area contributed by atoms with E-state index in [4.69, 9.17) is 13.9 Å². The Balaban J connectivity index is 1.41. The number of rotatable bonds is 8. The van der Waals surface area contributed by atoms with Crippen molar-refractivity contribution >= 4 is 33.4 Å². The maximum Gasteiger partial charge on any atom is 0.348 e. The molecular weight excluding hydrogens is 447 g/mol. The van der Waals surface area contributed by atoms with Crippen LogP contribution in [-0.2, 0) is 27.3 Å². The highest BCUT2D eigenvalue weighted by atomic mass is 32.1. The van der Waals surface area contributed by atoms with Crippen LogP contribution >= 0.6 is 11.3 Å². The molecule has 2 heterocycles. The van der Waals surface area contributed by atoms with Crippen LogP contribution in [0.2, 0.25) is 0 Å². The molecule has 0 aliphatic rings. The number of hydrogen-bond donors (Lipinski definition) is 0. The molecule has 9 heteroatoms. The van der Waals surface area contributed by atoms with Gasteiger partial charge in [-0.3, -0.25) is 4.79 Å². The van der Waals surface area contributed by atoms with Crippen LogP contribution in [0, 0.1) is 12.7 Å². The number of halogens is 1. The quantitative estimate of drug-likeness (QED) is 0.326. The second-order valence-electron chi connectivity index (χ2n) is 7.27. The van der Waals surface area contributed by atoms with E-state index in [9.17, 15) is 14.0 Å². The highest BCUT2D eigenvalue weighted by Crippen LogP contribution is 2.34. The summed E-state index contributed by atoms with van der Waals surface area (Å²) in [6.45, 7) is 3.61. The summed E-state index contributed by atoms with van der Waals surface area (Å²) in [5.74, 6) is -0.909. The maximum atomic E-state index is 14.5. The molecule has 2 aromatic carbocycles. The Hall–Kier alpha value is -3.59. The average Bonchev–Trinajstić information content (AvgIpc) is 3.42. The zero-order valence-electron chi connectivity index (χ0n) is 18.1. The van der Waals surface area contributed by atoms with Crippen LogP contribution in [-0.4, -0.2) is 28.7 Å². The van der Waals surface area contributed by atoms with Crippen molar-refractivity contribution in [2.75, 3.05) is 6.61 Å². The van der Waals surface area contributed by atoms with Crippen LogP contribution in [0.5, 0.6) is 0 Å². The molecule has 0 atom stereocenters. The zero-order chi connectivity index (χ0) is 23.4. The summed E-state index contributed by atoms with van der Waals surface area (Å²) in [5, 5.41) is 8.25. The summed E-state index contributed by atoms with van der Waals surface area (Å²) in [6.07, 6.45) is 0.190. The fourth-order valence-electron chi connectivity index (χ4n) is 3.27. The summed E-state index contributed by atoms with van der Waals surface area (Å²) >= 11 is 1.11. The number of aromatic nitrogens is 2. The van der Waals surface area contributed by atoms with Crippen LogP contribution in [0.15, 0.2) is 46.9 Å². The first-order valence-electron chi connectivity index (χ1n) is 10.4. The molecule has 0 aliphatic carbocycles. The smallest absolute Gasteiger partial charge is 0.348 e. The molecule has 0 unspecified atom stereocenters. The predicted octanol–water partition coefficient (Wildman–Crippen LogP) is 5.25. The molecule has 170 valence electrons. The molecule has 0 radical (unpaired) electrons. The average molecular weight is 469 g/mol. The molecule has 4 rings (SSSR count). The standard InChI is InChI=1S/C24H21FN2O5S/c1-3-30-24(29)22-16(21-17(25)5-4-6-18(21)33-22)13-31-20(28)12-11-19-26-27-23(32-19)15-9-7-14(2)8-10-15/h4-10H,3,11-13H2,1-2H3. The van der Waals surface area contributed by atoms with Gasteiger partial charge in [-0.05, 0) is 38.1 Å². The Kier molecular flexibility index (Phi) is 6.79. The van der Waals surface area contributed by atoms with Gasteiger partial charge in [-0.25, -0.2) is 9.18 Å². The van der Waals surface area contributed by atoms with Gasteiger partial charge in [-0.15, -0.1) is 21.5 Å². The number of thiophene rings is 1. The number of benzene rings is 2. The first kappa shape index (κ1) is 22.6. The van der Waals surface area contributed by atoms with Gasteiger partial charge in [-0.1, -0.05) is 23.8 Å². The number of aryl methyl sites for hydroxylation is 2. The van der Waals surface area contributed by atoms with Crippen molar-refractivity contribution in [1.29, 1.82) is 0 Å². The first-order chi connectivity index (χ1) is 16.0. The van der Waals surface area contributed by atoms with Crippen molar-refractivity contribution in [1.82, 2.24) is 10.2 Å².